The van der Waals surface area contributed by atoms with Crippen molar-refractivity contribution in [1.29, 1.82) is 0 Å². The minimum atomic E-state index is -0.966. The molecule has 0 rings (SSSR count). The Balaban J connectivity index is 4.31. The lowest BCUT2D eigenvalue weighted by Gasteiger charge is -2.26. The first-order valence-electron chi connectivity index (χ1n) is 5.21. The van der Waals surface area contributed by atoms with E-state index in [1.807, 2.05) is 0 Å². The number of carboxylic acids is 1. The lowest BCUT2D eigenvalue weighted by Crippen LogP contribution is -2.44. The predicted molar refractivity (Wildman–Crippen MR) is 59.5 cm³/mol. The van der Waals surface area contributed by atoms with Crippen molar-refractivity contribution < 1.29 is 24.2 Å². The lowest BCUT2D eigenvalue weighted by atomic mass is 10.4. The topological polar surface area (TPSA) is 87.2 Å². The first kappa shape index (κ1) is 15.2. The number of amides is 2. The van der Waals surface area contributed by atoms with Crippen LogP contribution in [-0.4, -0.2) is 66.7 Å². The van der Waals surface area contributed by atoms with E-state index in [-0.39, 0.29) is 25.5 Å². The lowest BCUT2D eigenvalue weighted by molar-refractivity contribution is -0.141. The van der Waals surface area contributed by atoms with Gasteiger partial charge in [-0.25, -0.2) is 4.79 Å². The summed E-state index contributed by atoms with van der Waals surface area (Å²) in [7, 11) is 2.70. The monoisotopic (exact) mass is 246 g/mol. The summed E-state index contributed by atoms with van der Waals surface area (Å²) >= 11 is 0. The van der Waals surface area contributed by atoms with Gasteiger partial charge in [-0.1, -0.05) is 0 Å². The van der Waals surface area contributed by atoms with E-state index in [0.717, 1.165) is 0 Å². The first-order chi connectivity index (χ1) is 7.92. The van der Waals surface area contributed by atoms with Crippen LogP contribution in [0.15, 0.2) is 0 Å². The van der Waals surface area contributed by atoms with Crippen LogP contribution in [0.1, 0.15) is 13.3 Å². The highest BCUT2D eigenvalue weighted by Gasteiger charge is 2.19. The van der Waals surface area contributed by atoms with Crippen LogP contribution in [0.5, 0.6) is 0 Å². The number of hydrogen-bond acceptors (Lipinski definition) is 4. The Labute approximate surface area is 99.9 Å². The largest absolute Gasteiger partial charge is 0.481 e. The van der Waals surface area contributed by atoms with Crippen LogP contribution in [-0.2, 0) is 14.3 Å². The average molecular weight is 246 g/mol. The van der Waals surface area contributed by atoms with Crippen molar-refractivity contribution in [2.24, 2.45) is 0 Å². The van der Waals surface area contributed by atoms with E-state index in [4.69, 9.17) is 5.11 Å². The van der Waals surface area contributed by atoms with Crippen LogP contribution in [0.2, 0.25) is 0 Å². The van der Waals surface area contributed by atoms with Crippen molar-refractivity contribution in [3.63, 3.8) is 0 Å². The quantitative estimate of drug-likeness (QED) is 0.667. The average Bonchev–Trinajstić information content (AvgIpc) is 2.28. The summed E-state index contributed by atoms with van der Waals surface area (Å²) in [6.45, 7) is 2.10. The molecule has 7 heteroatoms. The molecule has 98 valence electrons. The van der Waals surface area contributed by atoms with Crippen LogP contribution < -0.4 is 0 Å². The third-order valence-electron chi connectivity index (χ3n) is 2.17. The van der Waals surface area contributed by atoms with Gasteiger partial charge in [0.05, 0.1) is 13.5 Å². The third kappa shape index (κ3) is 5.74. The molecule has 0 radical (unpaired) electrons. The number of aliphatic carboxylic acids is 1. The second kappa shape index (κ2) is 7.48. The molecule has 0 aromatic heterocycles. The first-order valence-corrected chi connectivity index (χ1v) is 5.21. The maximum Gasteiger partial charge on any atom is 0.325 e. The van der Waals surface area contributed by atoms with Gasteiger partial charge < -0.3 is 19.6 Å². The number of carbonyl (C=O) groups excluding carboxylic acids is 2. The number of methoxy groups -OCH3 is 1. The molecule has 0 aromatic carbocycles. The zero-order valence-corrected chi connectivity index (χ0v) is 10.3. The van der Waals surface area contributed by atoms with Crippen LogP contribution in [0.25, 0.3) is 0 Å². The number of hydrogen-bond donors (Lipinski definition) is 1. The van der Waals surface area contributed by atoms with Crippen molar-refractivity contribution in [3.05, 3.63) is 0 Å². The van der Waals surface area contributed by atoms with Crippen LogP contribution in [0.4, 0.5) is 4.79 Å². The fraction of sp³-hybridized carbons (Fsp3) is 0.700. The number of urea groups is 1. The highest BCUT2D eigenvalue weighted by atomic mass is 16.5. The van der Waals surface area contributed by atoms with Gasteiger partial charge >= 0.3 is 18.0 Å². The van der Waals surface area contributed by atoms with Gasteiger partial charge in [0.25, 0.3) is 0 Å². The molecule has 0 saturated carbocycles. The van der Waals surface area contributed by atoms with E-state index in [0.29, 0.717) is 6.54 Å². The fourth-order valence-electron chi connectivity index (χ4n) is 1.19. The van der Waals surface area contributed by atoms with Crippen LogP contribution in [0.3, 0.4) is 0 Å². The van der Waals surface area contributed by atoms with Crippen LogP contribution >= 0.6 is 0 Å². The number of nitrogens with zero attached hydrogens (tertiary/aromatic N) is 2. The van der Waals surface area contributed by atoms with Gasteiger partial charge in [-0.15, -0.1) is 0 Å². The van der Waals surface area contributed by atoms with Gasteiger partial charge in [0.1, 0.15) is 6.54 Å². The summed E-state index contributed by atoms with van der Waals surface area (Å²) in [6.07, 6.45) is -0.119. The molecule has 0 aliphatic heterocycles. The minimum absolute atomic E-state index is 0.119. The minimum Gasteiger partial charge on any atom is -0.481 e. The molecule has 0 fully saturated rings. The number of rotatable bonds is 6. The number of esters is 1. The Kier molecular flexibility index (Phi) is 6.69. The molecule has 0 aliphatic carbocycles. The molecule has 0 heterocycles. The molecule has 0 spiro atoms. The Morgan fingerprint density at radius 2 is 1.88 bits per heavy atom. The summed E-state index contributed by atoms with van der Waals surface area (Å²) < 4.78 is 4.44. The molecule has 0 bridgehead atoms. The SMILES string of the molecule is CCN(CCC(=O)O)C(=O)N(C)CC(=O)OC. The van der Waals surface area contributed by atoms with E-state index >= 15 is 0 Å². The van der Waals surface area contributed by atoms with Gasteiger partial charge in [-0.05, 0) is 6.92 Å². The van der Waals surface area contributed by atoms with E-state index < -0.39 is 11.9 Å². The molecule has 7 nitrogen and oxygen atoms in total. The van der Waals surface area contributed by atoms with Gasteiger partial charge in [0.2, 0.25) is 0 Å². The maximum absolute atomic E-state index is 11.8. The fourth-order valence-corrected chi connectivity index (χ4v) is 1.19. The zero-order chi connectivity index (χ0) is 13.4. The van der Waals surface area contributed by atoms with Crippen molar-refractivity contribution in [3.8, 4) is 0 Å². The van der Waals surface area contributed by atoms with Crippen molar-refractivity contribution in [2.45, 2.75) is 13.3 Å². The molecule has 0 atom stereocenters. The second-order valence-electron chi connectivity index (χ2n) is 3.44. The van der Waals surface area contributed by atoms with Crippen molar-refractivity contribution >= 4 is 18.0 Å². The summed E-state index contributed by atoms with van der Waals surface area (Å²) in [5.41, 5.74) is 0. The normalized spacial score (nSPS) is 9.59. The highest BCUT2D eigenvalue weighted by molar-refractivity contribution is 5.81. The molecule has 0 unspecified atom stereocenters. The maximum atomic E-state index is 11.8. The summed E-state index contributed by atoms with van der Waals surface area (Å²) in [5.74, 6) is -1.48. The van der Waals surface area contributed by atoms with Gasteiger partial charge in [-0.3, -0.25) is 9.59 Å². The van der Waals surface area contributed by atoms with Gasteiger partial charge in [-0.2, -0.15) is 0 Å². The number of carbonyl (C=O) groups is 3. The van der Waals surface area contributed by atoms with E-state index in [9.17, 15) is 14.4 Å². The zero-order valence-electron chi connectivity index (χ0n) is 10.3. The van der Waals surface area contributed by atoms with Gasteiger partial charge in [0.15, 0.2) is 0 Å². The number of ether oxygens (including phenoxy) is 1. The second-order valence-corrected chi connectivity index (χ2v) is 3.44. The van der Waals surface area contributed by atoms with Gasteiger partial charge in [0, 0.05) is 20.1 Å². The molecule has 0 aliphatic rings. The van der Waals surface area contributed by atoms with Crippen LogP contribution in [0, 0.1) is 0 Å². The van der Waals surface area contributed by atoms with E-state index in [1.54, 1.807) is 6.92 Å². The molecule has 17 heavy (non-hydrogen) atoms. The standard InChI is InChI=1S/C10H18N2O5/c1-4-12(6-5-8(13)14)10(16)11(2)7-9(15)17-3/h4-7H2,1-3H3,(H,13,14). The molecule has 0 aromatic rings. The molecular formula is C10H18N2O5. The Morgan fingerprint density at radius 3 is 2.29 bits per heavy atom. The summed E-state index contributed by atoms with van der Waals surface area (Å²) in [5, 5.41) is 8.54. The Hall–Kier alpha value is -1.79. The number of carboxylic acid groups (broad SMARTS) is 1. The molecule has 1 N–H and O–H groups in total. The molecular weight excluding hydrogens is 228 g/mol. The molecule has 0 saturated heterocycles. The third-order valence-corrected chi connectivity index (χ3v) is 2.17. The van der Waals surface area contributed by atoms with Crippen molar-refractivity contribution in [1.82, 2.24) is 9.80 Å². The Bertz CT molecular complexity index is 292. The van der Waals surface area contributed by atoms with Crippen molar-refractivity contribution in [2.75, 3.05) is 33.8 Å². The van der Waals surface area contributed by atoms with E-state index in [2.05, 4.69) is 4.74 Å². The summed E-state index contributed by atoms with van der Waals surface area (Å²) in [4.78, 5) is 35.7. The Morgan fingerprint density at radius 1 is 1.29 bits per heavy atom. The van der Waals surface area contributed by atoms with E-state index in [1.165, 1.54) is 24.0 Å². The summed E-state index contributed by atoms with van der Waals surface area (Å²) in [6, 6.07) is -0.390. The predicted octanol–water partition coefficient (Wildman–Crippen LogP) is 0.00780. The highest BCUT2D eigenvalue weighted by Crippen LogP contribution is 1.99. The number of likely N-dealkylation sites (N-methyl/N-ethyl adjacent to an activating group) is 1. The smallest absolute Gasteiger partial charge is 0.325 e. The molecule has 2 amide bonds.